The number of methoxy groups -OCH3 is 1. The van der Waals surface area contributed by atoms with E-state index in [9.17, 15) is 4.79 Å². The van der Waals surface area contributed by atoms with Gasteiger partial charge >= 0.3 is 0 Å². The van der Waals surface area contributed by atoms with Crippen molar-refractivity contribution in [3.63, 3.8) is 0 Å². The first kappa shape index (κ1) is 17.8. The summed E-state index contributed by atoms with van der Waals surface area (Å²) in [5.41, 5.74) is 7.50. The minimum atomic E-state index is 0.0883. The second-order valence-electron chi connectivity index (χ2n) is 6.67. The lowest BCUT2D eigenvalue weighted by Crippen LogP contribution is -2.51. The third kappa shape index (κ3) is 4.71. The zero-order valence-electron chi connectivity index (χ0n) is 14.6. The highest BCUT2D eigenvalue weighted by molar-refractivity contribution is 5.79. The second kappa shape index (κ2) is 8.34. The Balaban J connectivity index is 2.00. The van der Waals surface area contributed by atoms with Gasteiger partial charge in [-0.3, -0.25) is 4.79 Å². The number of likely N-dealkylation sites (tertiary alicyclic amines) is 1. The van der Waals surface area contributed by atoms with Gasteiger partial charge in [-0.05, 0) is 49.3 Å². The lowest BCUT2D eigenvalue weighted by Gasteiger charge is -2.38. The topological polar surface area (TPSA) is 55.6 Å². The maximum Gasteiger partial charge on any atom is 0.225 e. The SMILES string of the molecule is CCC(CC)C(=O)N1CC(N)CC(Cc2ccc(OC)cc2)C1. The summed E-state index contributed by atoms with van der Waals surface area (Å²) >= 11 is 0. The molecule has 4 nitrogen and oxygen atoms in total. The minimum Gasteiger partial charge on any atom is -0.497 e. The van der Waals surface area contributed by atoms with Crippen molar-refractivity contribution < 1.29 is 9.53 Å². The van der Waals surface area contributed by atoms with Gasteiger partial charge in [0.15, 0.2) is 0 Å². The van der Waals surface area contributed by atoms with Crippen LogP contribution in [0.1, 0.15) is 38.7 Å². The summed E-state index contributed by atoms with van der Waals surface area (Å²) in [6.45, 7) is 5.71. The Labute approximate surface area is 140 Å². The summed E-state index contributed by atoms with van der Waals surface area (Å²) in [6, 6.07) is 8.28. The number of hydrogen-bond donors (Lipinski definition) is 1. The second-order valence-corrected chi connectivity index (χ2v) is 6.67. The van der Waals surface area contributed by atoms with E-state index >= 15 is 0 Å². The van der Waals surface area contributed by atoms with Crippen LogP contribution in [0.25, 0.3) is 0 Å². The Morgan fingerprint density at radius 2 is 1.91 bits per heavy atom. The largest absolute Gasteiger partial charge is 0.497 e. The summed E-state index contributed by atoms with van der Waals surface area (Å²) < 4.78 is 5.20. The monoisotopic (exact) mass is 318 g/mol. The number of nitrogens with two attached hydrogens (primary N) is 1. The molecule has 2 N–H and O–H groups in total. The first-order valence-electron chi connectivity index (χ1n) is 8.74. The normalized spacial score (nSPS) is 21.5. The first-order valence-corrected chi connectivity index (χ1v) is 8.74. The van der Waals surface area contributed by atoms with Gasteiger partial charge in [0.1, 0.15) is 5.75 Å². The van der Waals surface area contributed by atoms with E-state index in [1.807, 2.05) is 17.0 Å². The number of rotatable bonds is 6. The summed E-state index contributed by atoms with van der Waals surface area (Å²) in [4.78, 5) is 14.6. The molecular weight excluding hydrogens is 288 g/mol. The van der Waals surface area contributed by atoms with Crippen molar-refractivity contribution in [1.29, 1.82) is 0 Å². The molecule has 1 saturated heterocycles. The first-order chi connectivity index (χ1) is 11.1. The Bertz CT molecular complexity index is 497. The molecule has 1 heterocycles. The number of ether oxygens (including phenoxy) is 1. The molecule has 2 rings (SSSR count). The van der Waals surface area contributed by atoms with E-state index in [4.69, 9.17) is 10.5 Å². The lowest BCUT2D eigenvalue weighted by atomic mass is 9.88. The molecular formula is C19H30N2O2. The van der Waals surface area contributed by atoms with Crippen LogP contribution < -0.4 is 10.5 Å². The van der Waals surface area contributed by atoms with Crippen molar-refractivity contribution in [2.24, 2.45) is 17.6 Å². The van der Waals surface area contributed by atoms with Crippen molar-refractivity contribution in [3.05, 3.63) is 29.8 Å². The number of carbonyl (C=O) groups excluding carboxylic acids is 1. The Hall–Kier alpha value is -1.55. The predicted molar refractivity (Wildman–Crippen MR) is 93.4 cm³/mol. The van der Waals surface area contributed by atoms with Crippen molar-refractivity contribution in [1.82, 2.24) is 4.90 Å². The van der Waals surface area contributed by atoms with E-state index < -0.39 is 0 Å². The number of piperidine rings is 1. The number of hydrogen-bond acceptors (Lipinski definition) is 3. The van der Waals surface area contributed by atoms with Gasteiger partial charge in [-0.2, -0.15) is 0 Å². The van der Waals surface area contributed by atoms with Crippen molar-refractivity contribution in [3.8, 4) is 5.75 Å². The number of benzene rings is 1. The highest BCUT2D eigenvalue weighted by Crippen LogP contribution is 2.24. The van der Waals surface area contributed by atoms with Crippen LogP contribution in [0.2, 0.25) is 0 Å². The van der Waals surface area contributed by atoms with Gasteiger partial charge in [-0.1, -0.05) is 26.0 Å². The van der Waals surface area contributed by atoms with E-state index in [-0.39, 0.29) is 17.9 Å². The van der Waals surface area contributed by atoms with Gasteiger partial charge in [0.25, 0.3) is 0 Å². The highest BCUT2D eigenvalue weighted by Gasteiger charge is 2.30. The zero-order chi connectivity index (χ0) is 16.8. The fourth-order valence-electron chi connectivity index (χ4n) is 3.57. The molecule has 1 amide bonds. The van der Waals surface area contributed by atoms with Gasteiger partial charge in [0.05, 0.1) is 7.11 Å². The van der Waals surface area contributed by atoms with Crippen LogP contribution in [0.5, 0.6) is 5.75 Å². The van der Waals surface area contributed by atoms with Crippen LogP contribution in [0.15, 0.2) is 24.3 Å². The van der Waals surface area contributed by atoms with Crippen LogP contribution in [-0.4, -0.2) is 37.0 Å². The number of nitrogens with zero attached hydrogens (tertiary/aromatic N) is 1. The van der Waals surface area contributed by atoms with Crippen molar-refractivity contribution in [2.45, 2.75) is 45.6 Å². The highest BCUT2D eigenvalue weighted by atomic mass is 16.5. The average Bonchev–Trinajstić information content (AvgIpc) is 2.56. The van der Waals surface area contributed by atoms with Crippen LogP contribution in [0, 0.1) is 11.8 Å². The molecule has 1 aromatic carbocycles. The molecule has 1 aliphatic rings. The summed E-state index contributed by atoms with van der Waals surface area (Å²) in [5.74, 6) is 1.73. The minimum absolute atomic E-state index is 0.0883. The smallest absolute Gasteiger partial charge is 0.225 e. The molecule has 0 aromatic heterocycles. The van der Waals surface area contributed by atoms with E-state index in [1.54, 1.807) is 7.11 Å². The Morgan fingerprint density at radius 1 is 1.26 bits per heavy atom. The van der Waals surface area contributed by atoms with E-state index in [1.165, 1.54) is 5.56 Å². The fraction of sp³-hybridized carbons (Fsp3) is 0.632. The van der Waals surface area contributed by atoms with Crippen LogP contribution in [-0.2, 0) is 11.2 Å². The third-order valence-corrected chi connectivity index (χ3v) is 4.90. The van der Waals surface area contributed by atoms with Crippen molar-refractivity contribution >= 4 is 5.91 Å². The molecule has 4 heteroatoms. The molecule has 0 spiro atoms. The number of carbonyl (C=O) groups is 1. The molecule has 0 radical (unpaired) electrons. The van der Waals surface area contributed by atoms with E-state index in [0.29, 0.717) is 12.5 Å². The Kier molecular flexibility index (Phi) is 6.46. The van der Waals surface area contributed by atoms with Gasteiger partial charge in [-0.25, -0.2) is 0 Å². The molecule has 23 heavy (non-hydrogen) atoms. The fourth-order valence-corrected chi connectivity index (χ4v) is 3.57. The van der Waals surface area contributed by atoms with Crippen LogP contribution in [0.4, 0.5) is 0 Å². The summed E-state index contributed by atoms with van der Waals surface area (Å²) in [6.07, 6.45) is 3.76. The maximum absolute atomic E-state index is 12.6. The van der Waals surface area contributed by atoms with Gasteiger partial charge in [0, 0.05) is 25.0 Å². The van der Waals surface area contributed by atoms with Gasteiger partial charge in [-0.15, -0.1) is 0 Å². The standard InChI is InChI=1S/C19H30N2O2/c1-4-16(5-2)19(22)21-12-15(11-17(20)13-21)10-14-6-8-18(23-3)9-7-14/h6-9,15-17H,4-5,10-13,20H2,1-3H3. The summed E-state index contributed by atoms with van der Waals surface area (Å²) in [5, 5.41) is 0. The zero-order valence-corrected chi connectivity index (χ0v) is 14.6. The summed E-state index contributed by atoms with van der Waals surface area (Å²) in [7, 11) is 1.68. The quantitative estimate of drug-likeness (QED) is 0.877. The van der Waals surface area contributed by atoms with E-state index in [0.717, 1.165) is 38.0 Å². The molecule has 0 saturated carbocycles. The van der Waals surface area contributed by atoms with Crippen molar-refractivity contribution in [2.75, 3.05) is 20.2 Å². The van der Waals surface area contributed by atoms with E-state index in [2.05, 4.69) is 26.0 Å². The molecule has 128 valence electrons. The molecule has 0 aliphatic carbocycles. The third-order valence-electron chi connectivity index (χ3n) is 4.90. The predicted octanol–water partition coefficient (Wildman–Crippen LogP) is 2.85. The van der Waals surface area contributed by atoms with Crippen LogP contribution >= 0.6 is 0 Å². The number of amides is 1. The molecule has 0 bridgehead atoms. The average molecular weight is 318 g/mol. The molecule has 1 fully saturated rings. The lowest BCUT2D eigenvalue weighted by molar-refractivity contribution is -0.138. The molecule has 1 aromatic rings. The molecule has 2 atom stereocenters. The van der Waals surface area contributed by atoms with Gasteiger partial charge in [0.2, 0.25) is 5.91 Å². The maximum atomic E-state index is 12.6. The Morgan fingerprint density at radius 3 is 2.48 bits per heavy atom. The molecule has 2 unspecified atom stereocenters. The molecule has 1 aliphatic heterocycles. The van der Waals surface area contributed by atoms with Gasteiger partial charge < -0.3 is 15.4 Å². The van der Waals surface area contributed by atoms with Crippen LogP contribution in [0.3, 0.4) is 0 Å².